The van der Waals surface area contributed by atoms with Crippen LogP contribution in [0.5, 0.6) is 0 Å². The molecule has 2 bridgehead atoms. The van der Waals surface area contributed by atoms with E-state index in [1.807, 2.05) is 0 Å². The lowest BCUT2D eigenvalue weighted by atomic mass is 9.97. The molecule has 2 amide bonds. The van der Waals surface area contributed by atoms with Crippen molar-refractivity contribution >= 4 is 39.2 Å². The summed E-state index contributed by atoms with van der Waals surface area (Å²) in [5.41, 5.74) is 6.21. The molecular weight excluding hydrogens is 432 g/mol. The number of aryl methyl sites for hydroxylation is 1. The Bertz CT molecular complexity index is 1220. The van der Waals surface area contributed by atoms with E-state index in [4.69, 9.17) is 0 Å². The van der Waals surface area contributed by atoms with Crippen LogP contribution >= 0.6 is 11.3 Å². The molecule has 0 spiro atoms. The first-order chi connectivity index (χ1) is 15.0. The Labute approximate surface area is 185 Å². The third kappa shape index (κ3) is 3.30. The van der Waals surface area contributed by atoms with Crippen LogP contribution in [-0.4, -0.2) is 37.4 Å². The zero-order valence-corrected chi connectivity index (χ0v) is 18.7. The molecule has 0 radical (unpaired) electrons. The number of nitrogens with zero attached hydrogens (tertiary/aromatic N) is 2. The predicted molar refractivity (Wildman–Crippen MR) is 120 cm³/mol. The molecule has 3 aliphatic heterocycles. The first-order valence-electron chi connectivity index (χ1n) is 10.9. The summed E-state index contributed by atoms with van der Waals surface area (Å²) < 4.78 is 28.1. The number of anilines is 1. The summed E-state index contributed by atoms with van der Waals surface area (Å²) in [6, 6.07) is 1.48. The summed E-state index contributed by atoms with van der Waals surface area (Å²) in [5.74, 6) is 0.381. The van der Waals surface area contributed by atoms with E-state index >= 15 is 0 Å². The van der Waals surface area contributed by atoms with Gasteiger partial charge < -0.3 is 5.32 Å². The van der Waals surface area contributed by atoms with Gasteiger partial charge in [-0.15, -0.1) is 11.3 Å². The zero-order chi connectivity index (χ0) is 21.2. The van der Waals surface area contributed by atoms with E-state index in [9.17, 15) is 13.2 Å². The molecule has 7 rings (SSSR count). The molecule has 2 aliphatic carbocycles. The highest BCUT2D eigenvalue weighted by Gasteiger charge is 2.34. The lowest BCUT2D eigenvalue weighted by molar-refractivity contribution is 0.219. The second-order valence-corrected chi connectivity index (χ2v) is 11.7. The van der Waals surface area contributed by atoms with Gasteiger partial charge in [0.05, 0.1) is 5.69 Å². The Kier molecular flexibility index (Phi) is 4.49. The van der Waals surface area contributed by atoms with Crippen LogP contribution in [0.2, 0.25) is 0 Å². The number of hydrogen-bond donors (Lipinski definition) is 2. The Morgan fingerprint density at radius 3 is 2.87 bits per heavy atom. The zero-order valence-electron chi connectivity index (χ0n) is 17.1. The van der Waals surface area contributed by atoms with Gasteiger partial charge in [0.2, 0.25) is 4.34 Å². The SMILES string of the molecule is O=C(Nc1c2c(cc3c1CCC3)C=CC2)NS(=O)(=O)c1nc2c(s1)C1CCN(CC1)C2. The number of amides is 2. The second-order valence-electron chi connectivity index (χ2n) is 8.82. The van der Waals surface area contributed by atoms with E-state index in [2.05, 4.69) is 38.1 Å². The number of hydrogen-bond acceptors (Lipinski definition) is 6. The number of thiazole rings is 1. The lowest BCUT2D eigenvalue weighted by Crippen LogP contribution is -2.35. The van der Waals surface area contributed by atoms with E-state index in [-0.39, 0.29) is 4.34 Å². The van der Waals surface area contributed by atoms with Crippen LogP contribution in [0.25, 0.3) is 6.08 Å². The van der Waals surface area contributed by atoms with Gasteiger partial charge in [-0.3, -0.25) is 4.90 Å². The highest BCUT2D eigenvalue weighted by molar-refractivity contribution is 7.92. The van der Waals surface area contributed by atoms with Crippen LogP contribution in [-0.2, 0) is 35.8 Å². The van der Waals surface area contributed by atoms with Crippen molar-refractivity contribution < 1.29 is 13.2 Å². The molecule has 0 atom stereocenters. The minimum absolute atomic E-state index is 0.00779. The molecule has 1 aromatic carbocycles. The Hall–Kier alpha value is -2.23. The van der Waals surface area contributed by atoms with E-state index in [0.717, 1.165) is 84.6 Å². The summed E-state index contributed by atoms with van der Waals surface area (Å²) in [7, 11) is -4.02. The van der Waals surface area contributed by atoms with Gasteiger partial charge in [0, 0.05) is 17.1 Å². The maximum absolute atomic E-state index is 13.0. The van der Waals surface area contributed by atoms with Crippen LogP contribution in [0.15, 0.2) is 16.5 Å². The third-order valence-electron chi connectivity index (χ3n) is 6.90. The van der Waals surface area contributed by atoms with E-state index in [1.165, 1.54) is 16.9 Å². The summed E-state index contributed by atoms with van der Waals surface area (Å²) in [6.45, 7) is 2.77. The Morgan fingerprint density at radius 1 is 1.19 bits per heavy atom. The molecule has 1 fully saturated rings. The molecule has 9 heteroatoms. The van der Waals surface area contributed by atoms with Crippen LogP contribution in [0, 0.1) is 0 Å². The number of allylic oxidation sites excluding steroid dienone is 1. The molecule has 1 aromatic heterocycles. The van der Waals surface area contributed by atoms with Crippen molar-refractivity contribution in [2.24, 2.45) is 0 Å². The maximum Gasteiger partial charge on any atom is 0.333 e. The first-order valence-corrected chi connectivity index (χ1v) is 13.2. The van der Waals surface area contributed by atoms with Gasteiger partial charge in [-0.2, -0.15) is 8.42 Å². The molecule has 0 unspecified atom stereocenters. The fourth-order valence-electron chi connectivity index (χ4n) is 5.39. The molecule has 2 aromatic rings. The highest BCUT2D eigenvalue weighted by Crippen LogP contribution is 2.40. The number of rotatable bonds is 3. The first kappa shape index (κ1) is 19.5. The predicted octanol–water partition coefficient (Wildman–Crippen LogP) is 3.40. The monoisotopic (exact) mass is 456 g/mol. The topological polar surface area (TPSA) is 91.4 Å². The summed E-state index contributed by atoms with van der Waals surface area (Å²) in [5, 5.41) is 2.87. The molecule has 7 nitrogen and oxygen atoms in total. The largest absolute Gasteiger partial charge is 0.333 e. The molecule has 0 saturated carbocycles. The van der Waals surface area contributed by atoms with Crippen molar-refractivity contribution in [2.45, 2.75) is 55.3 Å². The average molecular weight is 457 g/mol. The van der Waals surface area contributed by atoms with Crippen molar-refractivity contribution in [2.75, 3.05) is 18.4 Å². The van der Waals surface area contributed by atoms with Crippen LogP contribution in [0.4, 0.5) is 10.5 Å². The summed E-state index contributed by atoms with van der Waals surface area (Å²) in [4.78, 5) is 20.6. The van der Waals surface area contributed by atoms with E-state index < -0.39 is 16.1 Å². The van der Waals surface area contributed by atoms with Crippen molar-refractivity contribution in [3.05, 3.63) is 45.0 Å². The molecule has 5 aliphatic rings. The minimum atomic E-state index is -4.02. The van der Waals surface area contributed by atoms with Gasteiger partial charge in [0.25, 0.3) is 10.0 Å². The fraction of sp³-hybridized carbons (Fsp3) is 0.455. The number of carbonyl (C=O) groups excluding carboxylic acids is 1. The number of aromatic nitrogens is 1. The van der Waals surface area contributed by atoms with Gasteiger partial charge in [-0.25, -0.2) is 14.5 Å². The Morgan fingerprint density at radius 2 is 2.03 bits per heavy atom. The van der Waals surface area contributed by atoms with Gasteiger partial charge in [-0.05, 0) is 79.8 Å². The number of sulfonamides is 1. The summed E-state index contributed by atoms with van der Waals surface area (Å²) in [6.07, 6.45) is 9.94. The third-order valence-corrected chi connectivity index (χ3v) is 9.87. The lowest BCUT2D eigenvalue weighted by Gasteiger charge is -2.26. The maximum atomic E-state index is 13.0. The number of urea groups is 1. The normalized spacial score (nSPS) is 23.2. The number of carbonyl (C=O) groups is 1. The van der Waals surface area contributed by atoms with Crippen molar-refractivity contribution in [1.29, 1.82) is 0 Å². The van der Waals surface area contributed by atoms with Gasteiger partial charge in [-0.1, -0.05) is 18.2 Å². The smallest absolute Gasteiger partial charge is 0.307 e. The molecular formula is C22H24N4O3S2. The second kappa shape index (κ2) is 7.15. The van der Waals surface area contributed by atoms with Gasteiger partial charge in [0.15, 0.2) is 0 Å². The fourth-order valence-corrected chi connectivity index (χ4v) is 7.81. The Balaban J connectivity index is 1.25. The minimum Gasteiger partial charge on any atom is -0.307 e. The van der Waals surface area contributed by atoms with E-state index in [0.29, 0.717) is 12.5 Å². The average Bonchev–Trinajstić information content (AvgIpc) is 3.45. The number of fused-ring (bicyclic) bond motifs is 4. The van der Waals surface area contributed by atoms with Crippen molar-refractivity contribution in [3.63, 3.8) is 0 Å². The molecule has 4 heterocycles. The van der Waals surface area contributed by atoms with E-state index in [1.54, 1.807) is 0 Å². The van der Waals surface area contributed by atoms with Crippen molar-refractivity contribution in [1.82, 2.24) is 14.6 Å². The summed E-state index contributed by atoms with van der Waals surface area (Å²) >= 11 is 1.23. The van der Waals surface area contributed by atoms with Gasteiger partial charge in [0.1, 0.15) is 0 Å². The molecule has 1 saturated heterocycles. The molecule has 2 N–H and O–H groups in total. The number of piperidine rings is 1. The highest BCUT2D eigenvalue weighted by atomic mass is 32.2. The van der Waals surface area contributed by atoms with Crippen molar-refractivity contribution in [3.8, 4) is 0 Å². The number of nitrogens with one attached hydrogen (secondary N) is 2. The molecule has 162 valence electrons. The van der Waals surface area contributed by atoms with Gasteiger partial charge >= 0.3 is 6.03 Å². The quantitative estimate of drug-likeness (QED) is 0.739. The standard InChI is InChI=1S/C22H24N4O3S2/c27-21(24-19-16-5-1-3-14(16)11-15-4-2-6-17(15)19)25-31(28,29)22-23-18-12-26-9-7-13(8-10-26)20(18)30-22/h1,3,11,13H,2,4-10,12H2,(H2,24,25,27). The number of benzene rings is 1. The molecule has 31 heavy (non-hydrogen) atoms. The van der Waals surface area contributed by atoms with Crippen LogP contribution < -0.4 is 10.0 Å². The van der Waals surface area contributed by atoms with Crippen LogP contribution in [0.1, 0.15) is 58.0 Å². The van der Waals surface area contributed by atoms with Crippen LogP contribution in [0.3, 0.4) is 0 Å².